The van der Waals surface area contributed by atoms with Crippen molar-refractivity contribution in [2.24, 2.45) is 0 Å². The van der Waals surface area contributed by atoms with Crippen LogP contribution in [0.2, 0.25) is 0 Å². The van der Waals surface area contributed by atoms with Gasteiger partial charge in [0.25, 0.3) is 0 Å². The standard InChI is InChI=1S/C17H17N3OS/c1-21-17-7-6-13(10-20-12-18-11-19-20)8-16(17)14-4-3-5-15(9-14)22-2/h3-9,11-12H,10H2,1-2H3. The molecule has 0 aliphatic carbocycles. The number of benzene rings is 2. The van der Waals surface area contributed by atoms with E-state index in [4.69, 9.17) is 4.74 Å². The van der Waals surface area contributed by atoms with E-state index in [-0.39, 0.29) is 0 Å². The highest BCUT2D eigenvalue weighted by Gasteiger charge is 2.08. The minimum Gasteiger partial charge on any atom is -0.496 e. The van der Waals surface area contributed by atoms with Crippen molar-refractivity contribution in [3.05, 3.63) is 60.7 Å². The lowest BCUT2D eigenvalue weighted by atomic mass is 10.0. The third-order valence-corrected chi connectivity index (χ3v) is 4.18. The maximum absolute atomic E-state index is 5.52. The first-order valence-corrected chi connectivity index (χ1v) is 8.16. The average molecular weight is 311 g/mol. The highest BCUT2D eigenvalue weighted by atomic mass is 32.2. The zero-order valence-corrected chi connectivity index (χ0v) is 13.4. The van der Waals surface area contributed by atoms with E-state index in [9.17, 15) is 0 Å². The van der Waals surface area contributed by atoms with Crippen molar-refractivity contribution in [1.82, 2.24) is 14.8 Å². The molecule has 112 valence electrons. The third-order valence-electron chi connectivity index (χ3n) is 3.46. The summed E-state index contributed by atoms with van der Waals surface area (Å²) in [7, 11) is 1.70. The number of hydrogen-bond donors (Lipinski definition) is 0. The quantitative estimate of drug-likeness (QED) is 0.673. The Labute approximate surface area is 134 Å². The first-order valence-electron chi connectivity index (χ1n) is 6.94. The van der Waals surface area contributed by atoms with Crippen LogP contribution in [0.15, 0.2) is 60.0 Å². The molecule has 0 saturated carbocycles. The van der Waals surface area contributed by atoms with Gasteiger partial charge < -0.3 is 4.74 Å². The molecule has 0 bridgehead atoms. The van der Waals surface area contributed by atoms with Crippen molar-refractivity contribution >= 4 is 11.8 Å². The first-order chi connectivity index (χ1) is 10.8. The Kier molecular flexibility index (Phi) is 4.44. The molecule has 4 nitrogen and oxygen atoms in total. The summed E-state index contributed by atoms with van der Waals surface area (Å²) in [6, 6.07) is 14.7. The average Bonchev–Trinajstić information content (AvgIpc) is 3.08. The van der Waals surface area contributed by atoms with E-state index in [0.717, 1.165) is 22.4 Å². The molecule has 0 unspecified atom stereocenters. The van der Waals surface area contributed by atoms with Crippen LogP contribution in [-0.2, 0) is 6.54 Å². The van der Waals surface area contributed by atoms with Crippen LogP contribution < -0.4 is 4.74 Å². The molecule has 0 atom stereocenters. The predicted octanol–water partition coefficient (Wildman–Crippen LogP) is 3.72. The molecule has 1 aromatic heterocycles. The molecule has 3 aromatic rings. The lowest BCUT2D eigenvalue weighted by Gasteiger charge is -2.12. The number of ether oxygens (including phenoxy) is 1. The van der Waals surface area contributed by atoms with Crippen molar-refractivity contribution in [2.75, 3.05) is 13.4 Å². The summed E-state index contributed by atoms with van der Waals surface area (Å²) < 4.78 is 7.33. The van der Waals surface area contributed by atoms with E-state index in [2.05, 4.69) is 52.7 Å². The summed E-state index contributed by atoms with van der Waals surface area (Å²) >= 11 is 1.74. The third kappa shape index (κ3) is 3.14. The summed E-state index contributed by atoms with van der Waals surface area (Å²) in [5, 5.41) is 4.15. The molecule has 5 heteroatoms. The van der Waals surface area contributed by atoms with Gasteiger partial charge >= 0.3 is 0 Å². The fraction of sp³-hybridized carbons (Fsp3) is 0.176. The molecule has 0 saturated heterocycles. The molecular formula is C17H17N3OS. The summed E-state index contributed by atoms with van der Waals surface area (Å²) in [6.07, 6.45) is 5.35. The number of rotatable bonds is 5. The van der Waals surface area contributed by atoms with E-state index >= 15 is 0 Å². The molecule has 1 heterocycles. The molecule has 0 spiro atoms. The highest BCUT2D eigenvalue weighted by Crippen LogP contribution is 2.33. The van der Waals surface area contributed by atoms with Crippen molar-refractivity contribution in [3.63, 3.8) is 0 Å². The van der Waals surface area contributed by atoms with E-state index < -0.39 is 0 Å². The number of methoxy groups -OCH3 is 1. The van der Waals surface area contributed by atoms with Crippen molar-refractivity contribution in [3.8, 4) is 16.9 Å². The smallest absolute Gasteiger partial charge is 0.137 e. The minimum absolute atomic E-state index is 0.694. The van der Waals surface area contributed by atoms with Gasteiger partial charge in [-0.15, -0.1) is 11.8 Å². The Morgan fingerprint density at radius 3 is 2.82 bits per heavy atom. The van der Waals surface area contributed by atoms with Gasteiger partial charge in [0.1, 0.15) is 18.4 Å². The summed E-state index contributed by atoms with van der Waals surface area (Å²) in [5.41, 5.74) is 3.41. The van der Waals surface area contributed by atoms with Crippen LogP contribution in [0, 0.1) is 0 Å². The van der Waals surface area contributed by atoms with Crippen molar-refractivity contribution < 1.29 is 4.74 Å². The molecule has 0 fully saturated rings. The summed E-state index contributed by atoms with van der Waals surface area (Å²) in [5.74, 6) is 0.876. The van der Waals surface area contributed by atoms with Gasteiger partial charge in [0.2, 0.25) is 0 Å². The predicted molar refractivity (Wildman–Crippen MR) is 89.3 cm³/mol. The molecular weight excluding hydrogens is 294 g/mol. The van der Waals surface area contributed by atoms with Gasteiger partial charge in [-0.05, 0) is 41.6 Å². The van der Waals surface area contributed by atoms with Gasteiger partial charge in [0, 0.05) is 10.5 Å². The molecule has 0 aliphatic heterocycles. The fourth-order valence-corrected chi connectivity index (χ4v) is 2.83. The molecule has 2 aromatic carbocycles. The van der Waals surface area contributed by atoms with Crippen LogP contribution in [0.4, 0.5) is 0 Å². The Bertz CT molecular complexity index is 756. The lowest BCUT2D eigenvalue weighted by molar-refractivity contribution is 0.416. The van der Waals surface area contributed by atoms with E-state index in [0.29, 0.717) is 6.54 Å². The Morgan fingerprint density at radius 2 is 2.09 bits per heavy atom. The second-order valence-corrected chi connectivity index (χ2v) is 5.74. The normalized spacial score (nSPS) is 10.6. The molecule has 0 N–H and O–H groups in total. The van der Waals surface area contributed by atoms with Gasteiger partial charge in [-0.25, -0.2) is 9.67 Å². The SMILES string of the molecule is COc1ccc(Cn2cncn2)cc1-c1cccc(SC)c1. The second kappa shape index (κ2) is 6.66. The molecule has 3 rings (SSSR count). The molecule has 0 amide bonds. The fourth-order valence-electron chi connectivity index (χ4n) is 2.37. The van der Waals surface area contributed by atoms with Crippen molar-refractivity contribution in [2.45, 2.75) is 11.4 Å². The zero-order chi connectivity index (χ0) is 15.4. The summed E-state index contributed by atoms with van der Waals surface area (Å²) in [4.78, 5) is 5.22. The monoisotopic (exact) mass is 311 g/mol. The Morgan fingerprint density at radius 1 is 1.18 bits per heavy atom. The zero-order valence-electron chi connectivity index (χ0n) is 12.6. The number of aromatic nitrogens is 3. The summed E-state index contributed by atoms with van der Waals surface area (Å²) in [6.45, 7) is 0.694. The van der Waals surface area contributed by atoms with E-state index in [1.807, 2.05) is 10.7 Å². The lowest BCUT2D eigenvalue weighted by Crippen LogP contribution is -2.00. The van der Waals surface area contributed by atoms with Crippen LogP contribution in [0.5, 0.6) is 5.75 Å². The second-order valence-electron chi connectivity index (χ2n) is 4.86. The van der Waals surface area contributed by atoms with E-state index in [1.54, 1.807) is 31.5 Å². The number of thioether (sulfide) groups is 1. The molecule has 0 aliphatic rings. The van der Waals surface area contributed by atoms with Crippen LogP contribution in [-0.4, -0.2) is 28.1 Å². The largest absolute Gasteiger partial charge is 0.496 e. The number of hydrogen-bond acceptors (Lipinski definition) is 4. The van der Waals surface area contributed by atoms with Gasteiger partial charge in [0.15, 0.2) is 0 Å². The molecule has 22 heavy (non-hydrogen) atoms. The van der Waals surface area contributed by atoms with Crippen LogP contribution >= 0.6 is 11.8 Å². The number of nitrogens with zero attached hydrogens (tertiary/aromatic N) is 3. The first kappa shape index (κ1) is 14.7. The van der Waals surface area contributed by atoms with E-state index in [1.165, 1.54) is 4.90 Å². The Hall–Kier alpha value is -2.27. The highest BCUT2D eigenvalue weighted by molar-refractivity contribution is 7.98. The van der Waals surface area contributed by atoms with Gasteiger partial charge in [0.05, 0.1) is 13.7 Å². The minimum atomic E-state index is 0.694. The molecule has 0 radical (unpaired) electrons. The van der Waals surface area contributed by atoms with Gasteiger partial charge in [-0.2, -0.15) is 5.10 Å². The van der Waals surface area contributed by atoms with Crippen molar-refractivity contribution in [1.29, 1.82) is 0 Å². The van der Waals surface area contributed by atoms with Crippen LogP contribution in [0.3, 0.4) is 0 Å². The Balaban J connectivity index is 2.00. The maximum atomic E-state index is 5.52. The van der Waals surface area contributed by atoms with Crippen LogP contribution in [0.1, 0.15) is 5.56 Å². The maximum Gasteiger partial charge on any atom is 0.137 e. The topological polar surface area (TPSA) is 39.9 Å². The van der Waals surface area contributed by atoms with Gasteiger partial charge in [-0.1, -0.05) is 18.2 Å². The van der Waals surface area contributed by atoms with Crippen LogP contribution in [0.25, 0.3) is 11.1 Å². The van der Waals surface area contributed by atoms with Gasteiger partial charge in [-0.3, -0.25) is 0 Å².